The smallest absolute Gasteiger partial charge is 0.114 e. The molecule has 0 amide bonds. The maximum absolute atomic E-state index is 3.87. The van der Waals surface area contributed by atoms with E-state index in [1.165, 1.54) is 5.56 Å². The fourth-order valence-electron chi connectivity index (χ4n) is 1.14. The molecule has 14 heavy (non-hydrogen) atoms. The first-order valence-electron chi connectivity index (χ1n) is 4.37. The van der Waals surface area contributed by atoms with Crippen LogP contribution in [0.1, 0.15) is 5.56 Å². The van der Waals surface area contributed by atoms with Gasteiger partial charge in [0.1, 0.15) is 5.03 Å². The average molecular weight is 205 g/mol. The molecule has 1 aromatic carbocycles. The molecule has 0 atom stereocenters. The summed E-state index contributed by atoms with van der Waals surface area (Å²) in [4.78, 5) is 0. The predicted molar refractivity (Wildman–Crippen MR) is 57.0 cm³/mol. The largest absolute Gasteiger partial charge is 0.242 e. The van der Waals surface area contributed by atoms with Gasteiger partial charge in [0.2, 0.25) is 0 Å². The zero-order chi connectivity index (χ0) is 9.80. The molecule has 1 heterocycles. The molecule has 1 aromatic heterocycles. The zero-order valence-electron chi connectivity index (χ0n) is 7.92. The summed E-state index contributed by atoms with van der Waals surface area (Å²) in [6.45, 7) is 0. The third-order valence-corrected chi connectivity index (χ3v) is 3.05. The third-order valence-electron chi connectivity index (χ3n) is 1.90. The van der Waals surface area contributed by atoms with Gasteiger partial charge < -0.3 is 0 Å². The summed E-state index contributed by atoms with van der Waals surface area (Å²) in [7, 11) is 1.90. The first-order chi connectivity index (χ1) is 6.86. The highest BCUT2D eigenvalue weighted by molar-refractivity contribution is 7.98. The van der Waals surface area contributed by atoms with Crippen molar-refractivity contribution in [3.8, 4) is 0 Å². The summed E-state index contributed by atoms with van der Waals surface area (Å²) >= 11 is 1.74. The number of hydrogen-bond acceptors (Lipinski definition) is 3. The minimum atomic E-state index is 0.960. The summed E-state index contributed by atoms with van der Waals surface area (Å²) in [5, 5.41) is 8.79. The highest BCUT2D eigenvalue weighted by Gasteiger charge is 2.00. The van der Waals surface area contributed by atoms with Crippen molar-refractivity contribution in [3.63, 3.8) is 0 Å². The van der Waals surface area contributed by atoms with Crippen LogP contribution in [0.5, 0.6) is 0 Å². The van der Waals surface area contributed by atoms with Crippen LogP contribution >= 0.6 is 11.8 Å². The molecule has 2 aromatic rings. The first-order valence-corrected chi connectivity index (χ1v) is 5.36. The van der Waals surface area contributed by atoms with Gasteiger partial charge in [0.05, 0.1) is 6.20 Å². The van der Waals surface area contributed by atoms with Crippen LogP contribution in [0, 0.1) is 0 Å². The minimum absolute atomic E-state index is 0.960. The van der Waals surface area contributed by atoms with Crippen molar-refractivity contribution >= 4 is 11.8 Å². The second kappa shape index (κ2) is 4.28. The molecule has 0 N–H and O–H groups in total. The number of thioether (sulfide) groups is 1. The zero-order valence-corrected chi connectivity index (χ0v) is 8.74. The monoisotopic (exact) mass is 205 g/mol. The van der Waals surface area contributed by atoms with Crippen LogP contribution in [0.3, 0.4) is 0 Å². The van der Waals surface area contributed by atoms with Gasteiger partial charge in [0.15, 0.2) is 0 Å². The van der Waals surface area contributed by atoms with Crippen LogP contribution in [-0.2, 0) is 12.8 Å². The van der Waals surface area contributed by atoms with Gasteiger partial charge in [-0.05, 0) is 5.56 Å². The summed E-state index contributed by atoms with van der Waals surface area (Å²) in [5.74, 6) is 0.960. The van der Waals surface area contributed by atoms with E-state index in [1.54, 1.807) is 22.6 Å². The Morgan fingerprint density at radius 3 is 2.71 bits per heavy atom. The Hall–Kier alpha value is -1.29. The lowest BCUT2D eigenvalue weighted by Crippen LogP contribution is -1.92. The molecule has 0 spiro atoms. The van der Waals surface area contributed by atoms with Crippen molar-refractivity contribution in [3.05, 3.63) is 42.1 Å². The molecule has 0 radical (unpaired) electrons. The van der Waals surface area contributed by atoms with Crippen LogP contribution in [0.15, 0.2) is 41.6 Å². The molecule has 0 fully saturated rings. The maximum atomic E-state index is 3.87. The normalized spacial score (nSPS) is 10.4. The molecule has 72 valence electrons. The van der Waals surface area contributed by atoms with Crippen molar-refractivity contribution in [2.75, 3.05) is 0 Å². The molecule has 0 saturated carbocycles. The molecule has 0 aliphatic carbocycles. The predicted octanol–water partition coefficient (Wildman–Crippen LogP) is 2.11. The third kappa shape index (κ3) is 2.14. The second-order valence-corrected chi connectivity index (χ2v) is 3.97. The Bertz CT molecular complexity index is 397. The van der Waals surface area contributed by atoms with Gasteiger partial charge in [-0.1, -0.05) is 35.5 Å². The van der Waals surface area contributed by atoms with E-state index < -0.39 is 0 Å². The van der Waals surface area contributed by atoms with Crippen LogP contribution < -0.4 is 0 Å². The van der Waals surface area contributed by atoms with Gasteiger partial charge >= 0.3 is 0 Å². The summed E-state index contributed by atoms with van der Waals surface area (Å²) in [6.07, 6.45) is 1.79. The fraction of sp³-hybridized carbons (Fsp3) is 0.200. The van der Waals surface area contributed by atoms with Crippen LogP contribution in [-0.4, -0.2) is 15.0 Å². The van der Waals surface area contributed by atoms with Crippen LogP contribution in [0.4, 0.5) is 0 Å². The number of nitrogens with zero attached hydrogens (tertiary/aromatic N) is 3. The van der Waals surface area contributed by atoms with Gasteiger partial charge in [0, 0.05) is 12.8 Å². The fourth-order valence-corrected chi connectivity index (χ4v) is 1.99. The molecule has 0 bridgehead atoms. The Morgan fingerprint density at radius 2 is 2.07 bits per heavy atom. The number of benzene rings is 1. The van der Waals surface area contributed by atoms with Crippen molar-refractivity contribution in [1.29, 1.82) is 0 Å². The maximum Gasteiger partial charge on any atom is 0.114 e. The molecule has 0 unspecified atom stereocenters. The van der Waals surface area contributed by atoms with Crippen molar-refractivity contribution < 1.29 is 0 Å². The lowest BCUT2D eigenvalue weighted by Gasteiger charge is -2.00. The Morgan fingerprint density at radius 1 is 1.29 bits per heavy atom. The first kappa shape index (κ1) is 9.27. The quantitative estimate of drug-likeness (QED) is 0.719. The lowest BCUT2D eigenvalue weighted by atomic mass is 10.2. The van der Waals surface area contributed by atoms with Crippen LogP contribution in [0.25, 0.3) is 0 Å². The SMILES string of the molecule is Cn1nncc1SCc1ccccc1. The number of aryl methyl sites for hydroxylation is 1. The number of rotatable bonds is 3. The topological polar surface area (TPSA) is 30.7 Å². The minimum Gasteiger partial charge on any atom is -0.242 e. The van der Waals surface area contributed by atoms with E-state index in [2.05, 4.69) is 34.6 Å². The number of aromatic nitrogens is 3. The second-order valence-electron chi connectivity index (χ2n) is 2.97. The molecular weight excluding hydrogens is 194 g/mol. The van der Waals surface area contributed by atoms with Crippen molar-refractivity contribution in [2.24, 2.45) is 7.05 Å². The Balaban J connectivity index is 1.99. The van der Waals surface area contributed by atoms with Gasteiger partial charge in [0.25, 0.3) is 0 Å². The Labute approximate surface area is 87.1 Å². The van der Waals surface area contributed by atoms with Crippen molar-refractivity contribution in [2.45, 2.75) is 10.8 Å². The Kier molecular flexibility index (Phi) is 2.84. The standard InChI is InChI=1S/C10H11N3S/c1-13-10(7-11-12-13)14-8-9-5-3-2-4-6-9/h2-7H,8H2,1H3. The van der Waals surface area contributed by atoms with Gasteiger partial charge in [-0.15, -0.1) is 16.9 Å². The molecule has 0 aliphatic heterocycles. The average Bonchev–Trinajstić information content (AvgIpc) is 2.63. The molecule has 2 rings (SSSR count). The molecule has 4 heteroatoms. The van der Waals surface area contributed by atoms with E-state index in [4.69, 9.17) is 0 Å². The van der Waals surface area contributed by atoms with E-state index in [0.29, 0.717) is 0 Å². The number of hydrogen-bond donors (Lipinski definition) is 0. The highest BCUT2D eigenvalue weighted by atomic mass is 32.2. The molecule has 0 saturated heterocycles. The molecule has 0 aliphatic rings. The summed E-state index contributed by atoms with van der Waals surface area (Å²) < 4.78 is 1.79. The van der Waals surface area contributed by atoms with E-state index in [0.717, 1.165) is 10.8 Å². The van der Waals surface area contributed by atoms with E-state index >= 15 is 0 Å². The van der Waals surface area contributed by atoms with E-state index in [-0.39, 0.29) is 0 Å². The molecule has 3 nitrogen and oxygen atoms in total. The molecular formula is C10H11N3S. The highest BCUT2D eigenvalue weighted by Crippen LogP contribution is 2.20. The van der Waals surface area contributed by atoms with Gasteiger partial charge in [-0.2, -0.15) is 0 Å². The summed E-state index contributed by atoms with van der Waals surface area (Å²) in [5.41, 5.74) is 1.32. The van der Waals surface area contributed by atoms with Crippen molar-refractivity contribution in [1.82, 2.24) is 15.0 Å². The lowest BCUT2D eigenvalue weighted by molar-refractivity contribution is 0.665. The van der Waals surface area contributed by atoms with E-state index in [9.17, 15) is 0 Å². The van der Waals surface area contributed by atoms with Crippen LogP contribution in [0.2, 0.25) is 0 Å². The van der Waals surface area contributed by atoms with E-state index in [1.807, 2.05) is 13.1 Å². The summed E-state index contributed by atoms with van der Waals surface area (Å²) in [6, 6.07) is 10.4. The van der Waals surface area contributed by atoms with Gasteiger partial charge in [-0.25, -0.2) is 4.68 Å². The van der Waals surface area contributed by atoms with Gasteiger partial charge in [-0.3, -0.25) is 0 Å².